The second-order valence-corrected chi connectivity index (χ2v) is 15.0. The van der Waals surface area contributed by atoms with E-state index in [-0.39, 0.29) is 40.9 Å². The van der Waals surface area contributed by atoms with Crippen molar-refractivity contribution >= 4 is 28.9 Å². The first kappa shape index (κ1) is 30.3. The molecule has 0 spiro atoms. The molecule has 1 aromatic heterocycles. The van der Waals surface area contributed by atoms with Crippen LogP contribution in [0.1, 0.15) is 110 Å². The maximum atomic E-state index is 12.6. The minimum atomic E-state index is -0.197. The lowest BCUT2D eigenvalue weighted by Gasteiger charge is -2.62. The average molecular weight is 591 g/mol. The molecule has 234 valence electrons. The molecule has 1 heterocycles. The highest BCUT2D eigenvalue weighted by Crippen LogP contribution is 2.68. The van der Waals surface area contributed by atoms with E-state index in [4.69, 9.17) is 14.5 Å². The quantitative estimate of drug-likeness (QED) is 0.326. The van der Waals surface area contributed by atoms with Gasteiger partial charge >= 0.3 is 11.9 Å². The summed E-state index contributed by atoms with van der Waals surface area (Å²) in [5, 5.41) is 0. The molecular formula is C36H50N2O5. The number of carbonyl (C=O) groups excluding carboxylic acids is 3. The Bertz CT molecular complexity index is 1400. The molecular weight excluding hydrogens is 540 g/mol. The summed E-state index contributed by atoms with van der Waals surface area (Å²) in [6, 6.07) is 7.91. The fourth-order valence-corrected chi connectivity index (χ4v) is 11.0. The van der Waals surface area contributed by atoms with E-state index >= 15 is 0 Å². The van der Waals surface area contributed by atoms with Crippen molar-refractivity contribution in [1.82, 2.24) is 9.55 Å². The lowest BCUT2D eigenvalue weighted by atomic mass is 9.43. The Morgan fingerprint density at radius 2 is 1.63 bits per heavy atom. The number of carbonyl (C=O) groups is 3. The molecule has 4 saturated carbocycles. The minimum absolute atomic E-state index is 0.0186. The van der Waals surface area contributed by atoms with Crippen molar-refractivity contribution in [3.8, 4) is 0 Å². The van der Waals surface area contributed by atoms with Gasteiger partial charge in [-0.3, -0.25) is 19.0 Å². The summed E-state index contributed by atoms with van der Waals surface area (Å²) >= 11 is 0. The molecule has 10 atom stereocenters. The zero-order chi connectivity index (χ0) is 30.7. The van der Waals surface area contributed by atoms with Crippen molar-refractivity contribution in [1.29, 1.82) is 0 Å². The standard InChI is InChI=1S/C36H50N2O5/c1-21(11-14-33-37-30-9-7-8-10-31(30)38(33)22(2)39)27-12-13-28-34-29(16-18-36(27,28)6)35(5)17-15-26(42-23(3)40)19-25(35)20-32(34)43-24(4)41/h7-10,21,25-29,32,34H,11-20H2,1-6H3/t21?,25-,26+,27?,28?,29?,32+,34?,35-,36+/m0/s1. The number of hydrogen-bond donors (Lipinski definition) is 0. The highest BCUT2D eigenvalue weighted by atomic mass is 16.5. The van der Waals surface area contributed by atoms with Gasteiger partial charge in [-0.25, -0.2) is 4.98 Å². The number of rotatable bonds is 6. The van der Waals surface area contributed by atoms with Crippen LogP contribution in [0.3, 0.4) is 0 Å². The number of fused-ring (bicyclic) bond motifs is 6. The van der Waals surface area contributed by atoms with Gasteiger partial charge in [-0.1, -0.05) is 32.9 Å². The first-order chi connectivity index (χ1) is 20.4. The summed E-state index contributed by atoms with van der Waals surface area (Å²) in [4.78, 5) is 41.6. The van der Waals surface area contributed by atoms with Crippen LogP contribution in [0.4, 0.5) is 0 Å². The van der Waals surface area contributed by atoms with E-state index in [2.05, 4.69) is 20.8 Å². The van der Waals surface area contributed by atoms with Crippen molar-refractivity contribution in [2.75, 3.05) is 0 Å². The van der Waals surface area contributed by atoms with Crippen LogP contribution in [0.15, 0.2) is 24.3 Å². The molecule has 0 radical (unpaired) electrons. The fourth-order valence-electron chi connectivity index (χ4n) is 11.0. The Balaban J connectivity index is 1.22. The van der Waals surface area contributed by atoms with E-state index < -0.39 is 0 Å². The largest absolute Gasteiger partial charge is 0.463 e. The van der Waals surface area contributed by atoms with Gasteiger partial charge < -0.3 is 9.47 Å². The monoisotopic (exact) mass is 590 g/mol. The van der Waals surface area contributed by atoms with Gasteiger partial charge in [-0.2, -0.15) is 0 Å². The van der Waals surface area contributed by atoms with Crippen LogP contribution in [-0.4, -0.2) is 39.6 Å². The topological polar surface area (TPSA) is 87.5 Å². The molecule has 6 rings (SSSR count). The van der Waals surface area contributed by atoms with Gasteiger partial charge in [0, 0.05) is 33.1 Å². The summed E-state index contributed by atoms with van der Waals surface area (Å²) < 4.78 is 13.7. The van der Waals surface area contributed by atoms with Crippen LogP contribution in [0.2, 0.25) is 0 Å². The second kappa shape index (κ2) is 11.3. The molecule has 0 amide bonds. The van der Waals surface area contributed by atoms with Crippen molar-refractivity contribution in [2.24, 2.45) is 46.3 Å². The lowest BCUT2D eigenvalue weighted by Crippen LogP contribution is -2.59. The Kier molecular flexibility index (Phi) is 8.00. The first-order valence-corrected chi connectivity index (χ1v) is 16.7. The third-order valence-corrected chi connectivity index (χ3v) is 12.8. The molecule has 1 aromatic carbocycles. The summed E-state index contributed by atoms with van der Waals surface area (Å²) in [6.07, 6.45) is 10.2. The fraction of sp³-hybridized carbons (Fsp3) is 0.722. The van der Waals surface area contributed by atoms with E-state index in [1.807, 2.05) is 24.3 Å². The summed E-state index contributed by atoms with van der Waals surface area (Å²) in [6.45, 7) is 12.1. The van der Waals surface area contributed by atoms with Gasteiger partial charge in [-0.15, -0.1) is 0 Å². The number of ether oxygens (including phenoxy) is 2. The van der Waals surface area contributed by atoms with Crippen molar-refractivity contribution < 1.29 is 23.9 Å². The summed E-state index contributed by atoms with van der Waals surface area (Å²) in [5.74, 6) is 3.46. The molecule has 4 aliphatic carbocycles. The Morgan fingerprint density at radius 1 is 0.930 bits per heavy atom. The highest BCUT2D eigenvalue weighted by molar-refractivity contribution is 5.89. The Labute approximate surface area is 256 Å². The number of benzene rings is 1. The number of aromatic nitrogens is 2. The molecule has 0 bridgehead atoms. The number of imidazole rings is 1. The van der Waals surface area contributed by atoms with Crippen molar-refractivity contribution in [3.63, 3.8) is 0 Å². The molecule has 0 aliphatic heterocycles. The van der Waals surface area contributed by atoms with Crippen LogP contribution in [-0.2, 0) is 25.5 Å². The highest BCUT2D eigenvalue weighted by Gasteiger charge is 2.64. The smallest absolute Gasteiger partial charge is 0.302 e. The van der Waals surface area contributed by atoms with Crippen LogP contribution in [0.5, 0.6) is 0 Å². The normalized spacial score (nSPS) is 37.6. The molecule has 5 unspecified atom stereocenters. The maximum Gasteiger partial charge on any atom is 0.302 e. The third-order valence-electron chi connectivity index (χ3n) is 12.8. The van der Waals surface area contributed by atoms with Gasteiger partial charge in [0.1, 0.15) is 18.0 Å². The molecule has 0 saturated heterocycles. The maximum absolute atomic E-state index is 12.6. The van der Waals surface area contributed by atoms with Crippen LogP contribution in [0, 0.1) is 46.3 Å². The molecule has 7 nitrogen and oxygen atoms in total. The van der Waals surface area contributed by atoms with Crippen LogP contribution < -0.4 is 0 Å². The average Bonchev–Trinajstić information content (AvgIpc) is 3.49. The van der Waals surface area contributed by atoms with E-state index in [9.17, 15) is 14.4 Å². The van der Waals surface area contributed by atoms with E-state index in [0.29, 0.717) is 35.5 Å². The predicted octanol–water partition coefficient (Wildman–Crippen LogP) is 7.40. The second-order valence-electron chi connectivity index (χ2n) is 15.0. The predicted molar refractivity (Wildman–Crippen MR) is 165 cm³/mol. The van der Waals surface area contributed by atoms with E-state index in [1.54, 1.807) is 18.4 Å². The first-order valence-electron chi connectivity index (χ1n) is 16.7. The zero-order valence-electron chi connectivity index (χ0n) is 26.9. The Morgan fingerprint density at radius 3 is 2.35 bits per heavy atom. The van der Waals surface area contributed by atoms with Gasteiger partial charge in [0.15, 0.2) is 0 Å². The third kappa shape index (κ3) is 5.22. The number of esters is 2. The van der Waals surface area contributed by atoms with E-state index in [0.717, 1.165) is 55.4 Å². The number of aryl methyl sites for hydroxylation is 1. The van der Waals surface area contributed by atoms with Crippen molar-refractivity contribution in [2.45, 2.75) is 118 Å². The molecule has 43 heavy (non-hydrogen) atoms. The van der Waals surface area contributed by atoms with Crippen LogP contribution in [0.25, 0.3) is 11.0 Å². The van der Waals surface area contributed by atoms with Crippen molar-refractivity contribution in [3.05, 3.63) is 30.1 Å². The van der Waals surface area contributed by atoms with Gasteiger partial charge in [0.2, 0.25) is 5.91 Å². The van der Waals surface area contributed by atoms with E-state index in [1.165, 1.54) is 32.6 Å². The van der Waals surface area contributed by atoms with Gasteiger partial charge in [-0.05, 0) is 110 Å². The molecule has 7 heteroatoms. The molecule has 4 fully saturated rings. The van der Waals surface area contributed by atoms with Crippen LogP contribution >= 0.6 is 0 Å². The number of nitrogens with zero attached hydrogens (tertiary/aromatic N) is 2. The molecule has 2 aromatic rings. The SMILES string of the molecule is CC(=O)O[C@@H]1CC[C@]2(C)C3CC[C@]4(C)C(C(C)CCc5nc6ccccc6n5C(C)=O)CCC4C3[C@H](OC(C)=O)C[C@@H]2C1. The van der Waals surface area contributed by atoms with Gasteiger partial charge in [0.25, 0.3) is 0 Å². The number of para-hydroxylation sites is 2. The summed E-state index contributed by atoms with van der Waals surface area (Å²) in [7, 11) is 0. The Hall–Kier alpha value is -2.70. The lowest BCUT2D eigenvalue weighted by molar-refractivity contribution is -0.197. The minimum Gasteiger partial charge on any atom is -0.463 e. The number of hydrogen-bond acceptors (Lipinski definition) is 6. The van der Waals surface area contributed by atoms with Gasteiger partial charge in [0.05, 0.1) is 11.0 Å². The zero-order valence-corrected chi connectivity index (χ0v) is 26.9. The molecule has 0 N–H and O–H groups in total. The molecule has 4 aliphatic rings. The summed E-state index contributed by atoms with van der Waals surface area (Å²) in [5.41, 5.74) is 2.17.